The van der Waals surface area contributed by atoms with Crippen LogP contribution in [-0.2, 0) is 19.2 Å². The van der Waals surface area contributed by atoms with Crippen molar-refractivity contribution in [3.05, 3.63) is 38.3 Å². The molecule has 0 aromatic rings. The summed E-state index contributed by atoms with van der Waals surface area (Å²) in [5.74, 6) is 0. The topological polar surface area (TPSA) is 0 Å². The summed E-state index contributed by atoms with van der Waals surface area (Å²) in [6.45, 7) is 0. The molecule has 0 radical (unpaired) electrons. The third-order valence-corrected chi connectivity index (χ3v) is 25.4. The standard InChI is InChI=1S/2C5H4.6CH3.2Pb.Ti.2H/c2*1-2-4-5-3-1;;;;;;;;;;;/h2*1-2H,3H2;6*1H3;;;;;/q;;;;;;;;;;+2;2*-1. The zero-order chi connectivity index (χ0) is 14.3. The zero-order valence-electron chi connectivity index (χ0n) is 15.2. The summed E-state index contributed by atoms with van der Waals surface area (Å²) < 4.78 is 23.0. The molecule has 0 heterocycles. The van der Waals surface area contributed by atoms with Gasteiger partial charge in [0.2, 0.25) is 0 Å². The van der Waals surface area contributed by atoms with E-state index < -0.39 is 42.3 Å². The van der Waals surface area contributed by atoms with Crippen LogP contribution in [-0.4, -0.2) is 42.3 Å². The molecule has 3 heteroatoms. The van der Waals surface area contributed by atoms with E-state index in [9.17, 15) is 0 Å². The minimum Gasteiger partial charge on any atom is -1.00 e. The van der Waals surface area contributed by atoms with E-state index in [2.05, 4.69) is 51.2 Å². The van der Waals surface area contributed by atoms with Gasteiger partial charge in [-0.3, -0.25) is 0 Å². The Labute approximate surface area is 140 Å². The molecular weight excluding hydrogens is 654 g/mol. The van der Waals surface area contributed by atoms with Gasteiger partial charge in [0.25, 0.3) is 0 Å². The molecule has 0 bridgehead atoms. The summed E-state index contributed by atoms with van der Waals surface area (Å²) in [7, 11) is 0. The van der Waals surface area contributed by atoms with Gasteiger partial charge in [0, 0.05) is 0 Å². The zero-order valence-corrected chi connectivity index (χ0v) is 22.6. The Balaban J connectivity index is 0.00000200. The first-order chi connectivity index (χ1) is 8.69. The molecule has 2 rings (SSSR count). The van der Waals surface area contributed by atoms with Crippen molar-refractivity contribution in [2.45, 2.75) is 39.7 Å². The van der Waals surface area contributed by atoms with Gasteiger partial charge in [-0.2, -0.15) is 0 Å². The van der Waals surface area contributed by atoms with E-state index in [-0.39, 0.29) is 22.0 Å². The van der Waals surface area contributed by atoms with Gasteiger partial charge >= 0.3 is 140 Å². The third-order valence-electron chi connectivity index (χ3n) is 3.78. The second-order valence-electron chi connectivity index (χ2n) is 7.62. The van der Waals surface area contributed by atoms with Crippen molar-refractivity contribution in [1.82, 2.24) is 0 Å². The summed E-state index contributed by atoms with van der Waals surface area (Å²) in [4.78, 5) is 0. The first-order valence-corrected chi connectivity index (χ1v) is 36.0. The molecule has 0 aromatic heterocycles. The van der Waals surface area contributed by atoms with Crippen molar-refractivity contribution in [2.24, 2.45) is 0 Å². The molecule has 2 aliphatic rings. The maximum atomic E-state index is 2.58. The first-order valence-electron chi connectivity index (χ1n) is 7.27. The Morgan fingerprint density at radius 1 is 0.789 bits per heavy atom. The Kier molecular flexibility index (Phi) is 5.62. The van der Waals surface area contributed by atoms with Crippen LogP contribution in [0.3, 0.4) is 0 Å². The Morgan fingerprint density at radius 2 is 1.16 bits per heavy atom. The molecule has 0 unspecified atom stereocenters. The van der Waals surface area contributed by atoms with Gasteiger partial charge in [0.05, 0.1) is 0 Å². The van der Waals surface area contributed by atoms with Crippen LogP contribution >= 0.6 is 0 Å². The van der Waals surface area contributed by atoms with Crippen LogP contribution in [0.2, 0.25) is 26.9 Å². The summed E-state index contributed by atoms with van der Waals surface area (Å²) in [5.41, 5.74) is 0. The van der Waals surface area contributed by atoms with E-state index in [1.165, 1.54) is 12.8 Å². The van der Waals surface area contributed by atoms with Crippen LogP contribution in [0.5, 0.6) is 0 Å². The Bertz CT molecular complexity index is 457. The Hall–Kier alpha value is 1.52. The molecule has 0 saturated carbocycles. The smallest absolute Gasteiger partial charge is 1.00 e. The second kappa shape index (κ2) is 6.33. The predicted octanol–water partition coefficient (Wildman–Crippen LogP) is 5.48. The van der Waals surface area contributed by atoms with Crippen LogP contribution in [0.15, 0.2) is 38.3 Å². The molecule has 104 valence electrons. The third kappa shape index (κ3) is 4.26. The summed E-state index contributed by atoms with van der Waals surface area (Å²) in [6, 6.07) is 0. The molecule has 0 aromatic carbocycles. The van der Waals surface area contributed by atoms with E-state index in [4.69, 9.17) is 0 Å². The normalized spacial score (nSPS) is 19.7. The van der Waals surface area contributed by atoms with Gasteiger partial charge in [-0.25, -0.2) is 0 Å². The maximum absolute atomic E-state index is 2.58. The fourth-order valence-electron chi connectivity index (χ4n) is 2.83. The van der Waals surface area contributed by atoms with Gasteiger partial charge in [0.15, 0.2) is 0 Å². The van der Waals surface area contributed by atoms with Crippen molar-refractivity contribution in [1.29, 1.82) is 0 Å². The largest absolute Gasteiger partial charge is 1.00 e. The molecule has 2 aliphatic carbocycles. The average molecular weight is 683 g/mol. The van der Waals surface area contributed by atoms with Crippen molar-refractivity contribution >= 4 is 42.3 Å². The number of hydrogen-bond donors (Lipinski definition) is 0. The van der Waals surface area contributed by atoms with Gasteiger partial charge in [-0.1, -0.05) is 0 Å². The molecule has 0 fully saturated rings. The molecule has 0 N–H and O–H groups in total. The molecule has 0 spiro atoms. The van der Waals surface area contributed by atoms with Crippen LogP contribution in [0, 0.1) is 0 Å². The minimum atomic E-state index is -2.00. The van der Waals surface area contributed by atoms with E-state index in [0.717, 1.165) is 0 Å². The molecule has 19 heavy (non-hydrogen) atoms. The summed E-state index contributed by atoms with van der Waals surface area (Å²) in [6.07, 6.45) is 12.4. The van der Waals surface area contributed by atoms with Gasteiger partial charge in [-0.05, 0) is 0 Å². The quantitative estimate of drug-likeness (QED) is 0.345. The van der Waals surface area contributed by atoms with Gasteiger partial charge < -0.3 is 2.85 Å². The fourth-order valence-corrected chi connectivity index (χ4v) is 29.7. The number of rotatable bonds is 4. The molecular formula is C16H28Pb2Ti. The van der Waals surface area contributed by atoms with Crippen molar-refractivity contribution in [3.63, 3.8) is 0 Å². The molecule has 0 atom stereocenters. The second-order valence-corrected chi connectivity index (χ2v) is 49.1. The van der Waals surface area contributed by atoms with E-state index in [1.807, 2.05) is 14.0 Å². The van der Waals surface area contributed by atoms with Crippen LogP contribution in [0.25, 0.3) is 0 Å². The van der Waals surface area contributed by atoms with E-state index in [0.29, 0.717) is 0 Å². The molecule has 0 nitrogen and oxygen atoms in total. The van der Waals surface area contributed by atoms with Gasteiger partial charge in [0.1, 0.15) is 0 Å². The SMILES string of the molecule is [CH3][Pb]([CH3])([CH3])[C]1=[C]([Ti+2][C]2=[C]([Pb]([CH3])([CH3])[CH3])C=CC2)CC=C1.[H-].[H-]. The van der Waals surface area contributed by atoms with Crippen LogP contribution < -0.4 is 0 Å². The van der Waals surface area contributed by atoms with Crippen LogP contribution in [0.1, 0.15) is 15.7 Å². The summed E-state index contributed by atoms with van der Waals surface area (Å²) in [5, 5.41) is 0. The minimum absolute atomic E-state index is 0. The van der Waals surface area contributed by atoms with E-state index >= 15 is 0 Å². The monoisotopic (exact) mass is 684 g/mol. The number of hydrogen-bond acceptors (Lipinski definition) is 0. The fraction of sp³-hybridized carbons (Fsp3) is 0.500. The van der Waals surface area contributed by atoms with Gasteiger partial charge in [-0.15, -0.1) is 0 Å². The van der Waals surface area contributed by atoms with Crippen molar-refractivity contribution < 1.29 is 22.0 Å². The summed E-state index contributed by atoms with van der Waals surface area (Å²) >= 11 is -4.00. The maximum Gasteiger partial charge on any atom is -1.00 e. The van der Waals surface area contributed by atoms with Crippen molar-refractivity contribution in [3.8, 4) is 0 Å². The first kappa shape index (κ1) is 16.9. The Morgan fingerprint density at radius 3 is 1.47 bits per heavy atom. The average Bonchev–Trinajstić information content (AvgIpc) is 2.83. The van der Waals surface area contributed by atoms with E-state index in [1.54, 1.807) is 0 Å². The van der Waals surface area contributed by atoms with Crippen molar-refractivity contribution in [2.75, 3.05) is 0 Å². The van der Waals surface area contributed by atoms with Crippen LogP contribution in [0.4, 0.5) is 0 Å². The molecule has 0 amide bonds. The molecule has 0 saturated heterocycles. The molecule has 0 aliphatic heterocycles. The predicted molar refractivity (Wildman–Crippen MR) is 90.5 cm³/mol. The number of allylic oxidation sites excluding steroid dienone is 8.